The normalized spacial score (nSPS) is 13.1. The maximum absolute atomic E-state index is 11.6. The number of fused-ring (bicyclic) bond motifs is 1. The van der Waals surface area contributed by atoms with Crippen LogP contribution in [-0.2, 0) is 30.4 Å². The first kappa shape index (κ1) is 22.7. The molecule has 0 aromatic heterocycles. The molecule has 0 atom stereocenters. The van der Waals surface area contributed by atoms with Gasteiger partial charge in [-0.1, -0.05) is 6.07 Å². The number of azo groups is 1. The minimum absolute atomic E-state index is 0.0737. The first-order valence-electron chi connectivity index (χ1n) is 7.98. The van der Waals surface area contributed by atoms with Gasteiger partial charge in [-0.25, -0.2) is 0 Å². The van der Waals surface area contributed by atoms with Gasteiger partial charge in [-0.15, -0.1) is 10.2 Å². The first-order valence-corrected chi connectivity index (χ1v) is 12.3. The van der Waals surface area contributed by atoms with Crippen molar-refractivity contribution >= 4 is 58.2 Å². The molecule has 3 rings (SSSR count). The third kappa shape index (κ3) is 4.87. The number of hydrogen-bond donors (Lipinski definition) is 4. The van der Waals surface area contributed by atoms with Crippen molar-refractivity contribution in [1.29, 1.82) is 0 Å². The third-order valence-corrected chi connectivity index (χ3v) is 6.67. The van der Waals surface area contributed by atoms with Crippen LogP contribution in [0.1, 0.15) is 0 Å². The summed E-state index contributed by atoms with van der Waals surface area (Å²) < 4.78 is 96.2. The molecule has 3 aromatic rings. The van der Waals surface area contributed by atoms with Crippen molar-refractivity contribution < 1.29 is 38.9 Å². The van der Waals surface area contributed by atoms with E-state index in [0.29, 0.717) is 6.07 Å². The lowest BCUT2D eigenvalue weighted by molar-refractivity contribution is 0.478. The molecule has 164 valence electrons. The predicted molar refractivity (Wildman–Crippen MR) is 108 cm³/mol. The second-order valence-electron chi connectivity index (χ2n) is 6.14. The van der Waals surface area contributed by atoms with E-state index in [1.807, 2.05) is 0 Å². The molecular weight excluding hydrogens is 474 g/mol. The van der Waals surface area contributed by atoms with Crippen molar-refractivity contribution in [3.8, 4) is 0 Å². The highest BCUT2D eigenvalue weighted by atomic mass is 32.2. The Bertz CT molecular complexity index is 1560. The number of nitrogen functional groups attached to an aromatic ring is 1. The van der Waals surface area contributed by atoms with Crippen LogP contribution in [0.25, 0.3) is 10.8 Å². The van der Waals surface area contributed by atoms with Crippen LogP contribution in [0.5, 0.6) is 0 Å². The molecule has 0 saturated carbocycles. The summed E-state index contributed by atoms with van der Waals surface area (Å²) in [5.41, 5.74) is 5.47. The molecule has 0 fully saturated rings. The average molecular weight is 487 g/mol. The van der Waals surface area contributed by atoms with Gasteiger partial charge in [-0.3, -0.25) is 13.7 Å². The van der Waals surface area contributed by atoms with Crippen LogP contribution in [0.2, 0.25) is 0 Å². The van der Waals surface area contributed by atoms with Crippen LogP contribution >= 0.6 is 0 Å². The number of rotatable bonds is 5. The molecule has 12 nitrogen and oxygen atoms in total. The zero-order chi connectivity index (χ0) is 23.2. The van der Waals surface area contributed by atoms with E-state index in [1.165, 1.54) is 18.2 Å². The van der Waals surface area contributed by atoms with Crippen LogP contribution < -0.4 is 5.73 Å². The highest BCUT2D eigenvalue weighted by Crippen LogP contribution is 2.34. The molecule has 0 aliphatic rings. The van der Waals surface area contributed by atoms with Gasteiger partial charge in [0.2, 0.25) is 0 Å². The lowest BCUT2D eigenvalue weighted by Gasteiger charge is -2.07. The Morgan fingerprint density at radius 3 is 1.74 bits per heavy atom. The molecule has 0 bridgehead atoms. The van der Waals surface area contributed by atoms with Gasteiger partial charge < -0.3 is 5.73 Å². The van der Waals surface area contributed by atoms with Crippen LogP contribution in [0.4, 0.5) is 17.1 Å². The molecule has 0 aliphatic heterocycles. The predicted octanol–water partition coefficient (Wildman–Crippen LogP) is 2.58. The topological polar surface area (TPSA) is 214 Å². The third-order valence-electron chi connectivity index (χ3n) is 4.07. The lowest BCUT2D eigenvalue weighted by Crippen LogP contribution is -2.02. The van der Waals surface area contributed by atoms with Gasteiger partial charge >= 0.3 is 0 Å². The van der Waals surface area contributed by atoms with E-state index in [4.69, 9.17) is 10.3 Å². The first-order chi connectivity index (χ1) is 14.2. The van der Waals surface area contributed by atoms with Crippen molar-refractivity contribution in [1.82, 2.24) is 0 Å². The number of nitrogens with zero attached hydrogens (tertiary/aromatic N) is 2. The molecule has 5 N–H and O–H groups in total. The second kappa shape index (κ2) is 7.63. The van der Waals surface area contributed by atoms with E-state index in [-0.39, 0.29) is 22.1 Å². The van der Waals surface area contributed by atoms with Gasteiger partial charge in [0.05, 0.1) is 15.5 Å². The Morgan fingerprint density at radius 2 is 1.16 bits per heavy atom. The summed E-state index contributed by atoms with van der Waals surface area (Å²) in [7, 11) is -14.0. The van der Waals surface area contributed by atoms with Crippen LogP contribution in [-0.4, -0.2) is 38.9 Å². The highest BCUT2D eigenvalue weighted by Gasteiger charge is 2.20. The molecule has 0 heterocycles. The van der Waals surface area contributed by atoms with E-state index in [2.05, 4.69) is 10.2 Å². The van der Waals surface area contributed by atoms with Crippen LogP contribution in [0.15, 0.2) is 73.4 Å². The summed E-state index contributed by atoms with van der Waals surface area (Å²) in [6.45, 7) is 0. The monoisotopic (exact) mass is 487 g/mol. The van der Waals surface area contributed by atoms with Crippen molar-refractivity contribution in [3.05, 3.63) is 48.5 Å². The number of benzene rings is 3. The molecule has 15 heteroatoms. The van der Waals surface area contributed by atoms with Gasteiger partial charge in [0, 0.05) is 16.5 Å². The van der Waals surface area contributed by atoms with Gasteiger partial charge in [0.1, 0.15) is 10.6 Å². The Hall–Kier alpha value is -2.95. The fraction of sp³-hybridized carbons (Fsp3) is 0. The molecule has 31 heavy (non-hydrogen) atoms. The van der Waals surface area contributed by atoms with Gasteiger partial charge in [0.15, 0.2) is 0 Å². The van der Waals surface area contributed by atoms with Crippen molar-refractivity contribution in [3.63, 3.8) is 0 Å². The van der Waals surface area contributed by atoms with Crippen LogP contribution in [0.3, 0.4) is 0 Å². The number of nitrogens with two attached hydrogens (primary N) is 1. The zero-order valence-corrected chi connectivity index (χ0v) is 17.6. The van der Waals surface area contributed by atoms with Gasteiger partial charge in [-0.05, 0) is 42.5 Å². The van der Waals surface area contributed by atoms with E-state index in [9.17, 15) is 34.4 Å². The summed E-state index contributed by atoms with van der Waals surface area (Å²) in [6.07, 6.45) is 0. The Balaban J connectivity index is 2.21. The van der Waals surface area contributed by atoms with E-state index < -0.39 is 50.7 Å². The lowest BCUT2D eigenvalue weighted by atomic mass is 10.1. The second-order valence-corrected chi connectivity index (χ2v) is 10.4. The van der Waals surface area contributed by atoms with Crippen molar-refractivity contribution in [2.24, 2.45) is 10.2 Å². The summed E-state index contributed by atoms with van der Waals surface area (Å²) in [5.74, 6) is 0. The summed E-state index contributed by atoms with van der Waals surface area (Å²) >= 11 is 0. The average Bonchev–Trinajstić information content (AvgIpc) is 2.65. The smallest absolute Gasteiger partial charge is 0.296 e. The zero-order valence-electron chi connectivity index (χ0n) is 15.1. The molecule has 3 aromatic carbocycles. The summed E-state index contributed by atoms with van der Waals surface area (Å²) in [5, 5.41) is 7.97. The maximum Gasteiger partial charge on any atom is 0.296 e. The summed E-state index contributed by atoms with van der Waals surface area (Å²) in [4.78, 5) is -1.87. The quantitative estimate of drug-likeness (QED) is 0.234. The van der Waals surface area contributed by atoms with Crippen LogP contribution in [0, 0.1) is 0 Å². The molecule has 0 radical (unpaired) electrons. The molecule has 0 saturated heterocycles. The number of anilines is 1. The standard InChI is InChI=1S/C16H13N3O9S3/c17-13-4-5-14(11-3-1-9(7-12(11)13)29(20,21)22)18-19-15-8-10(30(23,24)25)2-6-16(15)31(26,27)28/h1-8H,17H2,(H,20,21,22)(H,23,24,25)(H,26,27,28). The molecule has 0 aliphatic carbocycles. The molecule has 0 spiro atoms. The van der Waals surface area contributed by atoms with E-state index in [0.717, 1.165) is 24.3 Å². The molecule has 0 unspecified atom stereocenters. The molecule has 0 amide bonds. The van der Waals surface area contributed by atoms with Gasteiger partial charge in [0.25, 0.3) is 30.4 Å². The Labute approximate surface area is 176 Å². The Morgan fingerprint density at radius 1 is 0.613 bits per heavy atom. The SMILES string of the molecule is Nc1ccc(N=Nc2cc(S(=O)(=O)O)ccc2S(=O)(=O)O)c2ccc(S(=O)(=O)O)cc12. The molecular formula is C16H13N3O9S3. The largest absolute Gasteiger partial charge is 0.398 e. The van der Waals surface area contributed by atoms with Crippen molar-refractivity contribution in [2.75, 3.05) is 5.73 Å². The fourth-order valence-electron chi connectivity index (χ4n) is 2.64. The summed E-state index contributed by atoms with van der Waals surface area (Å²) in [6, 6.07) is 8.36. The minimum Gasteiger partial charge on any atom is -0.398 e. The Kier molecular flexibility index (Phi) is 5.59. The maximum atomic E-state index is 11.6. The van der Waals surface area contributed by atoms with Gasteiger partial charge in [-0.2, -0.15) is 25.3 Å². The number of hydrogen-bond acceptors (Lipinski definition) is 9. The van der Waals surface area contributed by atoms with E-state index in [1.54, 1.807) is 0 Å². The van der Waals surface area contributed by atoms with E-state index >= 15 is 0 Å². The van der Waals surface area contributed by atoms with Crippen molar-refractivity contribution in [2.45, 2.75) is 14.7 Å². The highest BCUT2D eigenvalue weighted by molar-refractivity contribution is 7.86. The fourth-order valence-corrected chi connectivity index (χ4v) is 4.25. The minimum atomic E-state index is -4.82.